The lowest BCUT2D eigenvalue weighted by atomic mass is 9.98. The van der Waals surface area contributed by atoms with Gasteiger partial charge in [-0.25, -0.2) is 0 Å². The number of nitrogens with one attached hydrogen (secondary N) is 1. The lowest BCUT2D eigenvalue weighted by Gasteiger charge is -2.15. The van der Waals surface area contributed by atoms with Crippen molar-refractivity contribution in [1.82, 2.24) is 0 Å². The lowest BCUT2D eigenvalue weighted by Crippen LogP contribution is -2.11. The fraction of sp³-hybridized carbons (Fsp3) is 0.211. The van der Waals surface area contributed by atoms with Crippen LogP contribution in [-0.4, -0.2) is 5.91 Å². The number of hydrogen-bond acceptors (Lipinski definition) is 1. The molecule has 0 aliphatic carbocycles. The van der Waals surface area contributed by atoms with Gasteiger partial charge >= 0.3 is 0 Å². The number of carbonyl (C=O) groups is 1. The molecule has 0 atom stereocenters. The zero-order valence-electron chi connectivity index (χ0n) is 13.1. The Labute approximate surface area is 140 Å². The van der Waals surface area contributed by atoms with Crippen molar-refractivity contribution in [3.05, 3.63) is 69.7 Å². The van der Waals surface area contributed by atoms with Gasteiger partial charge in [-0.2, -0.15) is 0 Å². The summed E-state index contributed by atoms with van der Waals surface area (Å²) in [4.78, 5) is 12.2. The Morgan fingerprint density at radius 2 is 1.82 bits per heavy atom. The third kappa shape index (κ3) is 4.31. The predicted octanol–water partition coefficient (Wildman–Crippen LogP) is 5.53. The molecule has 0 fully saturated rings. The van der Waals surface area contributed by atoms with Gasteiger partial charge in [0.05, 0.1) is 0 Å². The second-order valence-electron chi connectivity index (χ2n) is 5.57. The van der Waals surface area contributed by atoms with E-state index in [2.05, 4.69) is 41.2 Å². The first-order chi connectivity index (χ1) is 10.5. The molecule has 0 spiro atoms. The van der Waals surface area contributed by atoms with Crippen molar-refractivity contribution in [2.24, 2.45) is 0 Å². The van der Waals surface area contributed by atoms with Gasteiger partial charge in [-0.3, -0.25) is 4.79 Å². The number of hydrogen-bond donors (Lipinski definition) is 1. The van der Waals surface area contributed by atoms with Crippen molar-refractivity contribution in [3.8, 4) is 0 Å². The first-order valence-electron chi connectivity index (χ1n) is 7.31. The number of anilines is 1. The molecule has 0 radical (unpaired) electrons. The third-order valence-corrected chi connectivity index (χ3v) is 4.00. The molecule has 0 heterocycles. The number of rotatable bonds is 4. The summed E-state index contributed by atoms with van der Waals surface area (Å²) >= 11 is 3.40. The predicted molar refractivity (Wildman–Crippen MR) is 97.1 cm³/mol. The van der Waals surface area contributed by atoms with Gasteiger partial charge in [0.1, 0.15) is 0 Å². The number of benzene rings is 2. The van der Waals surface area contributed by atoms with E-state index in [1.54, 1.807) is 6.08 Å². The Balaban J connectivity index is 2.14. The van der Waals surface area contributed by atoms with Crippen LogP contribution < -0.4 is 5.32 Å². The zero-order chi connectivity index (χ0) is 16.1. The van der Waals surface area contributed by atoms with Crippen LogP contribution >= 0.6 is 15.9 Å². The summed E-state index contributed by atoms with van der Waals surface area (Å²) in [6, 6.07) is 13.9. The van der Waals surface area contributed by atoms with Crippen LogP contribution in [0.2, 0.25) is 0 Å². The molecule has 1 amide bonds. The maximum absolute atomic E-state index is 12.2. The number of halogens is 1. The molecular weight excluding hydrogens is 338 g/mol. The van der Waals surface area contributed by atoms with Crippen LogP contribution in [0.15, 0.2) is 53.0 Å². The number of carbonyl (C=O) groups excluding carboxylic acids is 1. The monoisotopic (exact) mass is 357 g/mol. The van der Waals surface area contributed by atoms with E-state index in [1.165, 1.54) is 0 Å². The van der Waals surface area contributed by atoms with Crippen LogP contribution in [0.25, 0.3) is 6.08 Å². The molecule has 2 rings (SSSR count). The van der Waals surface area contributed by atoms with Gasteiger partial charge in [-0.1, -0.05) is 60.1 Å². The zero-order valence-corrected chi connectivity index (χ0v) is 14.6. The summed E-state index contributed by atoms with van der Waals surface area (Å²) in [5, 5.41) is 3.01. The van der Waals surface area contributed by atoms with E-state index in [-0.39, 0.29) is 5.91 Å². The van der Waals surface area contributed by atoms with E-state index in [1.807, 2.05) is 49.4 Å². The maximum atomic E-state index is 12.2. The van der Waals surface area contributed by atoms with Crippen LogP contribution in [0.5, 0.6) is 0 Å². The Morgan fingerprint density at radius 1 is 1.14 bits per heavy atom. The van der Waals surface area contributed by atoms with Crippen LogP contribution in [0.3, 0.4) is 0 Å². The number of amides is 1. The molecule has 0 saturated heterocycles. The molecule has 22 heavy (non-hydrogen) atoms. The van der Waals surface area contributed by atoms with Crippen molar-refractivity contribution in [2.45, 2.75) is 26.7 Å². The Morgan fingerprint density at radius 3 is 2.45 bits per heavy atom. The van der Waals surface area contributed by atoms with Gasteiger partial charge in [0.2, 0.25) is 5.91 Å². The third-order valence-electron chi connectivity index (χ3n) is 3.47. The fourth-order valence-corrected chi connectivity index (χ4v) is 2.52. The number of aryl methyl sites for hydroxylation is 1. The second kappa shape index (κ2) is 7.41. The highest BCUT2D eigenvalue weighted by molar-refractivity contribution is 9.10. The summed E-state index contributed by atoms with van der Waals surface area (Å²) < 4.78 is 1.02. The average Bonchev–Trinajstić information content (AvgIpc) is 2.48. The van der Waals surface area contributed by atoms with Crippen molar-refractivity contribution >= 4 is 33.6 Å². The normalized spacial score (nSPS) is 11.1. The van der Waals surface area contributed by atoms with Crippen LogP contribution in [0.4, 0.5) is 5.69 Å². The molecule has 2 aromatic carbocycles. The highest BCUT2D eigenvalue weighted by Gasteiger charge is 2.10. The largest absolute Gasteiger partial charge is 0.322 e. The summed E-state index contributed by atoms with van der Waals surface area (Å²) in [7, 11) is 0. The summed E-state index contributed by atoms with van der Waals surface area (Å²) in [6.45, 7) is 6.27. The molecule has 2 nitrogen and oxygen atoms in total. The van der Waals surface area contributed by atoms with Crippen LogP contribution in [0, 0.1) is 6.92 Å². The minimum atomic E-state index is -0.112. The van der Waals surface area contributed by atoms with Gasteiger partial charge < -0.3 is 5.32 Å². The van der Waals surface area contributed by atoms with Crippen molar-refractivity contribution in [3.63, 3.8) is 0 Å². The van der Waals surface area contributed by atoms with E-state index in [0.29, 0.717) is 5.92 Å². The van der Waals surface area contributed by atoms with E-state index in [0.717, 1.165) is 26.9 Å². The van der Waals surface area contributed by atoms with E-state index in [4.69, 9.17) is 0 Å². The molecule has 114 valence electrons. The molecular formula is C19H20BrNO. The average molecular weight is 358 g/mol. The molecule has 0 aliphatic heterocycles. The first-order valence-corrected chi connectivity index (χ1v) is 8.11. The van der Waals surface area contributed by atoms with Gasteiger partial charge in [-0.15, -0.1) is 0 Å². The van der Waals surface area contributed by atoms with Gasteiger partial charge in [0.25, 0.3) is 0 Å². The van der Waals surface area contributed by atoms with E-state index in [9.17, 15) is 4.79 Å². The molecule has 2 aromatic rings. The lowest BCUT2D eigenvalue weighted by molar-refractivity contribution is -0.111. The topological polar surface area (TPSA) is 29.1 Å². The SMILES string of the molecule is Cc1cccc(C(C)C)c1NC(=O)/C=C/c1ccc(Br)cc1. The number of para-hydroxylation sites is 1. The fourth-order valence-electron chi connectivity index (χ4n) is 2.25. The van der Waals surface area contributed by atoms with Crippen molar-refractivity contribution < 1.29 is 4.79 Å². The van der Waals surface area contributed by atoms with Gasteiger partial charge in [-0.05, 0) is 47.7 Å². The first kappa shape index (κ1) is 16.5. The Bertz CT molecular complexity index is 687. The molecule has 0 unspecified atom stereocenters. The Hall–Kier alpha value is -1.87. The van der Waals surface area contributed by atoms with E-state index < -0.39 is 0 Å². The highest BCUT2D eigenvalue weighted by atomic mass is 79.9. The second-order valence-corrected chi connectivity index (χ2v) is 6.48. The minimum Gasteiger partial charge on any atom is -0.322 e. The summed E-state index contributed by atoms with van der Waals surface area (Å²) in [6.07, 6.45) is 3.38. The molecule has 0 aromatic heterocycles. The highest BCUT2D eigenvalue weighted by Crippen LogP contribution is 2.27. The molecule has 0 bridgehead atoms. The van der Waals surface area contributed by atoms with Crippen molar-refractivity contribution in [2.75, 3.05) is 5.32 Å². The molecule has 3 heteroatoms. The van der Waals surface area contributed by atoms with Gasteiger partial charge in [0.15, 0.2) is 0 Å². The van der Waals surface area contributed by atoms with Crippen LogP contribution in [-0.2, 0) is 4.79 Å². The maximum Gasteiger partial charge on any atom is 0.248 e. The summed E-state index contributed by atoms with van der Waals surface area (Å²) in [5.74, 6) is 0.254. The minimum absolute atomic E-state index is 0.112. The quantitative estimate of drug-likeness (QED) is 0.715. The standard InChI is InChI=1S/C19H20BrNO/c1-13(2)17-6-4-5-14(3)19(17)21-18(22)12-9-15-7-10-16(20)11-8-15/h4-13H,1-3H3,(H,21,22)/b12-9+. The molecule has 0 aliphatic rings. The smallest absolute Gasteiger partial charge is 0.248 e. The van der Waals surface area contributed by atoms with Crippen molar-refractivity contribution in [1.29, 1.82) is 0 Å². The van der Waals surface area contributed by atoms with E-state index >= 15 is 0 Å². The Kier molecular flexibility index (Phi) is 5.56. The van der Waals surface area contributed by atoms with Gasteiger partial charge in [0, 0.05) is 16.2 Å². The molecule has 0 saturated carbocycles. The van der Waals surface area contributed by atoms with Crippen LogP contribution in [0.1, 0.15) is 36.5 Å². The molecule has 1 N–H and O–H groups in total. The summed E-state index contributed by atoms with van der Waals surface area (Å²) in [5.41, 5.74) is 4.15.